The zero-order valence-electron chi connectivity index (χ0n) is 10.7. The minimum absolute atomic E-state index is 0.271. The van der Waals surface area contributed by atoms with Gasteiger partial charge in [0.05, 0.1) is 19.3 Å². The Labute approximate surface area is 119 Å². The van der Waals surface area contributed by atoms with Crippen LogP contribution in [0.5, 0.6) is 5.75 Å². The van der Waals surface area contributed by atoms with Crippen LogP contribution in [0.1, 0.15) is 17.2 Å². The molecule has 1 atom stereocenters. The summed E-state index contributed by atoms with van der Waals surface area (Å²) in [6, 6.07) is 7.02. The van der Waals surface area contributed by atoms with Gasteiger partial charge in [-0.25, -0.2) is 4.39 Å². The number of pyridine rings is 1. The summed E-state index contributed by atoms with van der Waals surface area (Å²) in [7, 11) is 3.39. The molecule has 19 heavy (non-hydrogen) atoms. The van der Waals surface area contributed by atoms with Crippen LogP contribution in [-0.2, 0) is 0 Å². The number of hydrogen-bond acceptors (Lipinski definition) is 3. The first-order valence-electron chi connectivity index (χ1n) is 5.77. The third-order valence-electron chi connectivity index (χ3n) is 2.92. The molecule has 100 valence electrons. The van der Waals surface area contributed by atoms with E-state index in [1.165, 1.54) is 6.20 Å². The van der Waals surface area contributed by atoms with E-state index in [2.05, 4.69) is 26.2 Å². The molecule has 0 bridgehead atoms. The SMILES string of the molecule is CNC(c1ccncc1F)c1cc(OC)ccc1Br. The normalized spacial score (nSPS) is 12.2. The van der Waals surface area contributed by atoms with Gasteiger partial charge in [-0.2, -0.15) is 0 Å². The van der Waals surface area contributed by atoms with E-state index in [-0.39, 0.29) is 11.9 Å². The van der Waals surface area contributed by atoms with Crippen LogP contribution in [0, 0.1) is 5.82 Å². The molecule has 1 aromatic carbocycles. The van der Waals surface area contributed by atoms with Gasteiger partial charge < -0.3 is 10.1 Å². The van der Waals surface area contributed by atoms with E-state index in [1.54, 1.807) is 26.4 Å². The molecule has 5 heteroatoms. The molecule has 3 nitrogen and oxygen atoms in total. The van der Waals surface area contributed by atoms with Crippen molar-refractivity contribution in [3.8, 4) is 5.75 Å². The highest BCUT2D eigenvalue weighted by Gasteiger charge is 2.19. The molecule has 1 unspecified atom stereocenters. The van der Waals surface area contributed by atoms with Crippen molar-refractivity contribution in [2.24, 2.45) is 0 Å². The highest BCUT2D eigenvalue weighted by Crippen LogP contribution is 2.32. The Hall–Kier alpha value is -1.46. The molecule has 1 N–H and O–H groups in total. The van der Waals surface area contributed by atoms with E-state index in [0.29, 0.717) is 5.56 Å². The maximum atomic E-state index is 13.9. The van der Waals surface area contributed by atoms with Crippen molar-refractivity contribution in [1.29, 1.82) is 0 Å². The molecular weight excluding hydrogens is 311 g/mol. The minimum Gasteiger partial charge on any atom is -0.497 e. The third-order valence-corrected chi connectivity index (χ3v) is 3.64. The Balaban J connectivity index is 2.51. The number of rotatable bonds is 4. The Morgan fingerprint density at radius 1 is 1.32 bits per heavy atom. The predicted octanol–water partition coefficient (Wildman–Crippen LogP) is 3.30. The zero-order chi connectivity index (χ0) is 13.8. The highest BCUT2D eigenvalue weighted by molar-refractivity contribution is 9.10. The van der Waals surface area contributed by atoms with E-state index in [4.69, 9.17) is 4.74 Å². The van der Waals surface area contributed by atoms with Gasteiger partial charge in [-0.3, -0.25) is 4.98 Å². The number of nitrogens with zero attached hydrogens (tertiary/aromatic N) is 1. The van der Waals surface area contributed by atoms with Crippen LogP contribution < -0.4 is 10.1 Å². The second-order valence-corrected chi connectivity index (χ2v) is 4.86. The summed E-state index contributed by atoms with van der Waals surface area (Å²) in [5.41, 5.74) is 1.46. The maximum Gasteiger partial charge on any atom is 0.146 e. The molecular formula is C14H14BrFN2O. The van der Waals surface area contributed by atoms with Crippen molar-refractivity contribution in [2.75, 3.05) is 14.2 Å². The quantitative estimate of drug-likeness (QED) is 0.937. The van der Waals surface area contributed by atoms with Crippen LogP contribution >= 0.6 is 15.9 Å². The maximum absolute atomic E-state index is 13.9. The van der Waals surface area contributed by atoms with E-state index >= 15 is 0 Å². The Kier molecular flexibility index (Phi) is 4.50. The number of aromatic nitrogens is 1. The molecule has 1 heterocycles. The summed E-state index contributed by atoms with van der Waals surface area (Å²) in [5.74, 6) is 0.393. The van der Waals surface area contributed by atoms with Gasteiger partial charge in [0.25, 0.3) is 0 Å². The van der Waals surface area contributed by atoms with E-state index in [0.717, 1.165) is 15.8 Å². The Morgan fingerprint density at radius 2 is 2.11 bits per heavy atom. The average Bonchev–Trinajstić information content (AvgIpc) is 2.43. The van der Waals surface area contributed by atoms with Gasteiger partial charge in [-0.1, -0.05) is 15.9 Å². The molecule has 0 aliphatic rings. The molecule has 2 rings (SSSR count). The molecule has 0 saturated heterocycles. The largest absolute Gasteiger partial charge is 0.497 e. The monoisotopic (exact) mass is 324 g/mol. The van der Waals surface area contributed by atoms with Crippen molar-refractivity contribution in [3.05, 3.63) is 58.1 Å². The summed E-state index contributed by atoms with van der Waals surface area (Å²) in [6.07, 6.45) is 2.80. The molecule has 0 fully saturated rings. The Bertz CT molecular complexity index is 577. The average molecular weight is 325 g/mol. The van der Waals surface area contributed by atoms with Crippen LogP contribution in [0.15, 0.2) is 41.1 Å². The summed E-state index contributed by atoms with van der Waals surface area (Å²) in [5, 5.41) is 3.11. The fourth-order valence-electron chi connectivity index (χ4n) is 1.97. The number of nitrogens with one attached hydrogen (secondary N) is 1. The van der Waals surface area contributed by atoms with Gasteiger partial charge in [0.2, 0.25) is 0 Å². The lowest BCUT2D eigenvalue weighted by molar-refractivity contribution is 0.413. The van der Waals surface area contributed by atoms with Gasteiger partial charge in [0.15, 0.2) is 0 Å². The van der Waals surface area contributed by atoms with Crippen LogP contribution in [0.2, 0.25) is 0 Å². The van der Waals surface area contributed by atoms with E-state index < -0.39 is 0 Å². The van der Waals surface area contributed by atoms with E-state index in [9.17, 15) is 4.39 Å². The Morgan fingerprint density at radius 3 is 2.74 bits per heavy atom. The highest BCUT2D eigenvalue weighted by atomic mass is 79.9. The zero-order valence-corrected chi connectivity index (χ0v) is 12.2. The summed E-state index contributed by atoms with van der Waals surface area (Å²) >= 11 is 3.49. The topological polar surface area (TPSA) is 34.2 Å². The minimum atomic E-state index is -0.337. The van der Waals surface area contributed by atoms with Crippen LogP contribution in [0.3, 0.4) is 0 Å². The lowest BCUT2D eigenvalue weighted by Gasteiger charge is -2.19. The van der Waals surface area contributed by atoms with Crippen LogP contribution in [-0.4, -0.2) is 19.1 Å². The van der Waals surface area contributed by atoms with Crippen molar-refractivity contribution in [1.82, 2.24) is 10.3 Å². The lowest BCUT2D eigenvalue weighted by Crippen LogP contribution is -2.19. The van der Waals surface area contributed by atoms with Crippen molar-refractivity contribution < 1.29 is 9.13 Å². The molecule has 0 radical (unpaired) electrons. The first kappa shape index (κ1) is 14.0. The molecule has 0 spiro atoms. The smallest absolute Gasteiger partial charge is 0.146 e. The summed E-state index contributed by atoms with van der Waals surface area (Å²) in [6.45, 7) is 0. The molecule has 0 saturated carbocycles. The summed E-state index contributed by atoms with van der Waals surface area (Å²) < 4.78 is 20.0. The third kappa shape index (κ3) is 2.93. The molecule has 0 aliphatic heterocycles. The van der Waals surface area contributed by atoms with Gasteiger partial charge in [-0.15, -0.1) is 0 Å². The molecule has 2 aromatic rings. The van der Waals surface area contributed by atoms with Gasteiger partial charge >= 0.3 is 0 Å². The number of benzene rings is 1. The molecule has 0 amide bonds. The summed E-state index contributed by atoms with van der Waals surface area (Å²) in [4.78, 5) is 3.77. The number of halogens is 2. The number of ether oxygens (including phenoxy) is 1. The first-order valence-corrected chi connectivity index (χ1v) is 6.56. The second kappa shape index (κ2) is 6.12. The fourth-order valence-corrected chi connectivity index (χ4v) is 2.44. The fraction of sp³-hybridized carbons (Fsp3) is 0.214. The molecule has 1 aromatic heterocycles. The van der Waals surface area contributed by atoms with Gasteiger partial charge in [-0.05, 0) is 36.9 Å². The van der Waals surface area contributed by atoms with Crippen molar-refractivity contribution >= 4 is 15.9 Å². The van der Waals surface area contributed by atoms with Gasteiger partial charge in [0, 0.05) is 16.2 Å². The van der Waals surface area contributed by atoms with Crippen LogP contribution in [0.25, 0.3) is 0 Å². The number of methoxy groups -OCH3 is 1. The van der Waals surface area contributed by atoms with Crippen molar-refractivity contribution in [2.45, 2.75) is 6.04 Å². The molecule has 0 aliphatic carbocycles. The second-order valence-electron chi connectivity index (χ2n) is 4.01. The predicted molar refractivity (Wildman–Crippen MR) is 75.8 cm³/mol. The number of hydrogen-bond donors (Lipinski definition) is 1. The van der Waals surface area contributed by atoms with E-state index in [1.807, 2.05) is 18.2 Å². The van der Waals surface area contributed by atoms with Crippen molar-refractivity contribution in [3.63, 3.8) is 0 Å². The lowest BCUT2D eigenvalue weighted by atomic mass is 9.99. The van der Waals surface area contributed by atoms with Gasteiger partial charge in [0.1, 0.15) is 11.6 Å². The first-order chi connectivity index (χ1) is 9.17. The van der Waals surface area contributed by atoms with Crippen LogP contribution in [0.4, 0.5) is 4.39 Å². The standard InChI is InChI=1S/C14H14BrFN2O/c1-17-14(10-5-6-18-8-13(10)16)11-7-9(19-2)3-4-12(11)15/h3-8,14,17H,1-2H3.